The Labute approximate surface area is 100 Å². The zero-order valence-corrected chi connectivity index (χ0v) is 10.1. The van der Waals surface area contributed by atoms with Crippen molar-refractivity contribution in [1.29, 1.82) is 0 Å². The van der Waals surface area contributed by atoms with E-state index in [1.165, 1.54) is 0 Å². The van der Waals surface area contributed by atoms with E-state index in [-0.39, 0.29) is 17.6 Å². The summed E-state index contributed by atoms with van der Waals surface area (Å²) in [6.07, 6.45) is 0.673. The molecule has 0 unspecified atom stereocenters. The van der Waals surface area contributed by atoms with Gasteiger partial charge in [0, 0.05) is 12.5 Å². The van der Waals surface area contributed by atoms with Crippen molar-refractivity contribution < 1.29 is 9.18 Å². The zero-order chi connectivity index (χ0) is 12.4. The van der Waals surface area contributed by atoms with Crippen molar-refractivity contribution in [2.75, 3.05) is 11.9 Å². The summed E-state index contributed by atoms with van der Waals surface area (Å²) in [5.74, 6) is -0.581. The van der Waals surface area contributed by atoms with Crippen LogP contribution in [-0.2, 0) is 17.8 Å². The van der Waals surface area contributed by atoms with Crippen LogP contribution >= 0.6 is 0 Å². The maximum atomic E-state index is 14.1. The predicted octanol–water partition coefficient (Wildman–Crippen LogP) is 2.07. The third-order valence-corrected chi connectivity index (χ3v) is 2.99. The molecule has 2 rings (SSSR count). The number of hydrogen-bond donors (Lipinski definition) is 2. The highest BCUT2D eigenvalue weighted by atomic mass is 19.1. The Bertz CT molecular complexity index is 443. The molecule has 0 saturated carbocycles. The number of rotatable bonds is 2. The molecule has 3 nitrogen and oxygen atoms in total. The van der Waals surface area contributed by atoms with Crippen LogP contribution < -0.4 is 10.6 Å². The summed E-state index contributed by atoms with van der Waals surface area (Å²) >= 11 is 0. The van der Waals surface area contributed by atoms with Crippen LogP contribution in [0.3, 0.4) is 0 Å². The van der Waals surface area contributed by atoms with E-state index in [1.54, 1.807) is 19.9 Å². The van der Waals surface area contributed by atoms with Gasteiger partial charge in [0.1, 0.15) is 5.82 Å². The zero-order valence-electron chi connectivity index (χ0n) is 10.1. The van der Waals surface area contributed by atoms with Gasteiger partial charge in [-0.3, -0.25) is 4.79 Å². The summed E-state index contributed by atoms with van der Waals surface area (Å²) in [5.41, 5.74) is 2.01. The number of carbonyl (C=O) groups excluding carboxylic acids is 1. The number of anilines is 1. The van der Waals surface area contributed by atoms with E-state index in [4.69, 9.17) is 0 Å². The van der Waals surface area contributed by atoms with Gasteiger partial charge < -0.3 is 10.6 Å². The minimum absolute atomic E-state index is 0.146. The van der Waals surface area contributed by atoms with Gasteiger partial charge in [-0.15, -0.1) is 0 Å². The van der Waals surface area contributed by atoms with E-state index in [0.717, 1.165) is 17.7 Å². The summed E-state index contributed by atoms with van der Waals surface area (Å²) in [7, 11) is 0. The van der Waals surface area contributed by atoms with Gasteiger partial charge in [0.25, 0.3) is 0 Å². The first-order chi connectivity index (χ1) is 8.09. The van der Waals surface area contributed by atoms with Gasteiger partial charge in [0.15, 0.2) is 0 Å². The summed E-state index contributed by atoms with van der Waals surface area (Å²) in [6.45, 7) is 5.06. The van der Waals surface area contributed by atoms with E-state index >= 15 is 0 Å². The van der Waals surface area contributed by atoms with Crippen LogP contribution in [0.25, 0.3) is 0 Å². The van der Waals surface area contributed by atoms with Crippen LogP contribution in [0.15, 0.2) is 12.1 Å². The van der Waals surface area contributed by atoms with Crippen LogP contribution in [0.2, 0.25) is 0 Å². The fraction of sp³-hybridized carbons (Fsp3) is 0.462. The lowest BCUT2D eigenvalue weighted by Gasteiger charge is -2.19. The quantitative estimate of drug-likeness (QED) is 0.825. The fourth-order valence-electron chi connectivity index (χ4n) is 1.91. The average Bonchev–Trinajstić information content (AvgIpc) is 2.33. The smallest absolute Gasteiger partial charge is 0.227 e. The Morgan fingerprint density at radius 3 is 2.94 bits per heavy atom. The van der Waals surface area contributed by atoms with Crippen LogP contribution in [0.4, 0.5) is 10.1 Å². The molecule has 0 aromatic heterocycles. The molecular weight excluding hydrogens is 219 g/mol. The first-order valence-electron chi connectivity index (χ1n) is 5.91. The van der Waals surface area contributed by atoms with Crippen molar-refractivity contribution in [2.45, 2.75) is 26.8 Å². The molecule has 0 fully saturated rings. The maximum Gasteiger partial charge on any atom is 0.227 e. The third-order valence-electron chi connectivity index (χ3n) is 2.99. The standard InChI is InChI=1S/C13H17FN2O/c1-8(2)13(17)16-11-4-3-9-7-15-6-5-10(9)12(11)14/h3-4,8,15H,5-7H2,1-2H3,(H,16,17). The molecule has 0 radical (unpaired) electrons. The molecule has 0 spiro atoms. The molecule has 1 aromatic carbocycles. The van der Waals surface area contributed by atoms with Crippen LogP contribution in [0.1, 0.15) is 25.0 Å². The Kier molecular flexibility index (Phi) is 3.43. The minimum Gasteiger partial charge on any atom is -0.323 e. The Morgan fingerprint density at radius 2 is 2.24 bits per heavy atom. The van der Waals surface area contributed by atoms with Gasteiger partial charge in [-0.1, -0.05) is 19.9 Å². The van der Waals surface area contributed by atoms with Gasteiger partial charge in [0.2, 0.25) is 5.91 Å². The lowest BCUT2D eigenvalue weighted by Crippen LogP contribution is -2.25. The monoisotopic (exact) mass is 236 g/mol. The average molecular weight is 236 g/mol. The second-order valence-corrected chi connectivity index (χ2v) is 4.64. The van der Waals surface area contributed by atoms with E-state index in [1.807, 2.05) is 6.07 Å². The molecule has 1 aliphatic heterocycles. The van der Waals surface area contributed by atoms with Crippen molar-refractivity contribution in [3.8, 4) is 0 Å². The van der Waals surface area contributed by atoms with Crippen molar-refractivity contribution >= 4 is 11.6 Å². The number of nitrogens with one attached hydrogen (secondary N) is 2. The van der Waals surface area contributed by atoms with Gasteiger partial charge >= 0.3 is 0 Å². The lowest BCUT2D eigenvalue weighted by atomic mass is 9.99. The molecule has 0 bridgehead atoms. The molecular formula is C13H17FN2O. The SMILES string of the molecule is CC(C)C(=O)Nc1ccc2c(c1F)CCNC2. The second kappa shape index (κ2) is 4.84. The van der Waals surface area contributed by atoms with Gasteiger partial charge in [0.05, 0.1) is 5.69 Å². The topological polar surface area (TPSA) is 41.1 Å². The second-order valence-electron chi connectivity index (χ2n) is 4.64. The highest BCUT2D eigenvalue weighted by Crippen LogP contribution is 2.24. The maximum absolute atomic E-state index is 14.1. The summed E-state index contributed by atoms with van der Waals surface area (Å²) in [5, 5.41) is 5.82. The highest BCUT2D eigenvalue weighted by Gasteiger charge is 2.18. The van der Waals surface area contributed by atoms with Gasteiger partial charge in [-0.25, -0.2) is 4.39 Å². The first-order valence-corrected chi connectivity index (χ1v) is 5.91. The number of amides is 1. The van der Waals surface area contributed by atoms with Crippen LogP contribution in [0.5, 0.6) is 0 Å². The number of benzene rings is 1. The minimum atomic E-state index is -0.280. The van der Waals surface area contributed by atoms with Crippen molar-refractivity contribution in [1.82, 2.24) is 5.32 Å². The summed E-state index contributed by atoms with van der Waals surface area (Å²) < 4.78 is 14.1. The largest absolute Gasteiger partial charge is 0.323 e. The predicted molar refractivity (Wildman–Crippen MR) is 65.3 cm³/mol. The van der Waals surface area contributed by atoms with Gasteiger partial charge in [-0.2, -0.15) is 0 Å². The van der Waals surface area contributed by atoms with Crippen molar-refractivity contribution in [3.63, 3.8) is 0 Å². The van der Waals surface area contributed by atoms with Crippen molar-refractivity contribution in [2.24, 2.45) is 5.92 Å². The summed E-state index contributed by atoms with van der Waals surface area (Å²) in [4.78, 5) is 11.5. The molecule has 0 atom stereocenters. The molecule has 1 heterocycles. The number of hydrogen-bond acceptors (Lipinski definition) is 2. The Balaban J connectivity index is 2.27. The molecule has 2 N–H and O–H groups in total. The number of carbonyl (C=O) groups is 1. The molecule has 0 aliphatic carbocycles. The lowest BCUT2D eigenvalue weighted by molar-refractivity contribution is -0.118. The Hall–Kier alpha value is -1.42. The Morgan fingerprint density at radius 1 is 1.47 bits per heavy atom. The van der Waals surface area contributed by atoms with Crippen LogP contribution in [0, 0.1) is 11.7 Å². The van der Waals surface area contributed by atoms with E-state index < -0.39 is 0 Å². The molecule has 4 heteroatoms. The fourth-order valence-corrected chi connectivity index (χ4v) is 1.91. The molecule has 1 amide bonds. The molecule has 1 aromatic rings. The number of fused-ring (bicyclic) bond motifs is 1. The first kappa shape index (κ1) is 12.0. The van der Waals surface area contributed by atoms with Gasteiger partial charge in [-0.05, 0) is 30.2 Å². The molecule has 17 heavy (non-hydrogen) atoms. The third kappa shape index (κ3) is 2.47. The van der Waals surface area contributed by atoms with E-state index in [9.17, 15) is 9.18 Å². The normalized spacial score (nSPS) is 14.6. The van der Waals surface area contributed by atoms with Crippen molar-refractivity contribution in [3.05, 3.63) is 29.1 Å². The van der Waals surface area contributed by atoms with Crippen LogP contribution in [-0.4, -0.2) is 12.5 Å². The molecule has 0 saturated heterocycles. The highest BCUT2D eigenvalue weighted by molar-refractivity contribution is 5.92. The van der Waals surface area contributed by atoms with E-state index in [2.05, 4.69) is 10.6 Å². The molecule has 92 valence electrons. The summed E-state index contributed by atoms with van der Waals surface area (Å²) in [6, 6.07) is 3.52. The number of halogens is 1. The van der Waals surface area contributed by atoms with E-state index in [0.29, 0.717) is 18.7 Å². The molecule has 1 aliphatic rings.